The average Bonchev–Trinajstić information content (AvgIpc) is 3.27. The van der Waals surface area contributed by atoms with Crippen molar-refractivity contribution in [2.75, 3.05) is 12.4 Å². The van der Waals surface area contributed by atoms with Gasteiger partial charge in [0.25, 0.3) is 5.56 Å². The van der Waals surface area contributed by atoms with Crippen molar-refractivity contribution in [3.8, 4) is 11.4 Å². The third kappa shape index (κ3) is 5.16. The molecule has 7 nitrogen and oxygen atoms in total. The number of thiophene rings is 1. The van der Waals surface area contributed by atoms with Crippen molar-refractivity contribution in [1.82, 2.24) is 9.55 Å². The van der Waals surface area contributed by atoms with Crippen molar-refractivity contribution in [1.29, 1.82) is 0 Å². The van der Waals surface area contributed by atoms with Crippen molar-refractivity contribution < 1.29 is 14.3 Å². The normalized spacial score (nSPS) is 16.0. The number of ether oxygens (including phenoxy) is 2. The lowest BCUT2D eigenvalue weighted by Crippen LogP contribution is -2.29. The van der Waals surface area contributed by atoms with Crippen LogP contribution in [0.4, 0.5) is 5.69 Å². The van der Waals surface area contributed by atoms with E-state index < -0.39 is 5.25 Å². The zero-order chi connectivity index (χ0) is 26.1. The van der Waals surface area contributed by atoms with E-state index in [4.69, 9.17) is 14.5 Å². The zero-order valence-electron chi connectivity index (χ0n) is 21.2. The Kier molecular flexibility index (Phi) is 7.37. The maximum absolute atomic E-state index is 14.1. The van der Waals surface area contributed by atoms with Crippen molar-refractivity contribution >= 4 is 44.9 Å². The van der Waals surface area contributed by atoms with E-state index in [2.05, 4.69) is 19.2 Å². The predicted octanol–water partition coefficient (Wildman–Crippen LogP) is 5.67. The van der Waals surface area contributed by atoms with Crippen molar-refractivity contribution in [2.24, 2.45) is 5.92 Å². The molecular formula is C28H29N3O4S2. The van der Waals surface area contributed by atoms with Gasteiger partial charge in [-0.15, -0.1) is 11.3 Å². The van der Waals surface area contributed by atoms with E-state index >= 15 is 0 Å². The van der Waals surface area contributed by atoms with Gasteiger partial charge in [-0.25, -0.2) is 4.98 Å². The highest BCUT2D eigenvalue weighted by Gasteiger charge is 2.29. The first kappa shape index (κ1) is 25.5. The molecule has 37 heavy (non-hydrogen) atoms. The van der Waals surface area contributed by atoms with Crippen molar-refractivity contribution in [2.45, 2.75) is 50.3 Å². The SMILES string of the molecule is COc1ccc(-n2c(S[C@H](C)C(=O)Nc3ccccc3)nc3sc4c(c3c2=O)C[C@H](C(C)C)OC4)cc1. The van der Waals surface area contributed by atoms with Crippen LogP contribution in [0.2, 0.25) is 0 Å². The number of fused-ring (bicyclic) bond motifs is 3. The Morgan fingerprint density at radius 2 is 1.89 bits per heavy atom. The molecule has 1 aliphatic heterocycles. The van der Waals surface area contributed by atoms with E-state index in [1.165, 1.54) is 23.1 Å². The number of rotatable bonds is 7. The molecule has 9 heteroatoms. The second-order valence-electron chi connectivity index (χ2n) is 9.33. The molecule has 1 N–H and O–H groups in total. The van der Waals surface area contributed by atoms with E-state index in [1.54, 1.807) is 11.7 Å². The Hall–Kier alpha value is -3.14. The minimum atomic E-state index is -0.489. The second-order valence-corrected chi connectivity index (χ2v) is 11.7. The fraction of sp³-hybridized carbons (Fsp3) is 0.321. The van der Waals surface area contributed by atoms with Gasteiger partial charge in [-0.3, -0.25) is 14.2 Å². The highest BCUT2D eigenvalue weighted by molar-refractivity contribution is 8.00. The molecule has 0 unspecified atom stereocenters. The van der Waals surface area contributed by atoms with Crippen LogP contribution < -0.4 is 15.6 Å². The fourth-order valence-electron chi connectivity index (χ4n) is 4.35. The lowest BCUT2D eigenvalue weighted by atomic mass is 9.96. The van der Waals surface area contributed by atoms with Crippen LogP contribution in [0.5, 0.6) is 5.75 Å². The molecule has 2 aromatic heterocycles. The summed E-state index contributed by atoms with van der Waals surface area (Å²) in [7, 11) is 1.61. The zero-order valence-corrected chi connectivity index (χ0v) is 22.8. The number of hydrogen-bond acceptors (Lipinski definition) is 7. The summed E-state index contributed by atoms with van der Waals surface area (Å²) < 4.78 is 13.0. The Labute approximate surface area is 223 Å². The Morgan fingerprint density at radius 3 is 2.57 bits per heavy atom. The minimum absolute atomic E-state index is 0.0647. The van der Waals surface area contributed by atoms with E-state index in [0.717, 1.165) is 16.1 Å². The van der Waals surface area contributed by atoms with E-state index in [9.17, 15) is 9.59 Å². The van der Waals surface area contributed by atoms with Gasteiger partial charge in [0.2, 0.25) is 5.91 Å². The largest absolute Gasteiger partial charge is 0.497 e. The van der Waals surface area contributed by atoms with E-state index in [-0.39, 0.29) is 17.6 Å². The molecule has 0 spiro atoms. The molecule has 4 aromatic rings. The second kappa shape index (κ2) is 10.7. The molecule has 0 saturated heterocycles. The molecule has 0 saturated carbocycles. The third-order valence-electron chi connectivity index (χ3n) is 6.48. The number of amides is 1. The first-order chi connectivity index (χ1) is 17.9. The molecule has 1 aliphatic rings. The number of hydrogen-bond donors (Lipinski definition) is 1. The van der Waals surface area contributed by atoms with Crippen LogP contribution in [0.3, 0.4) is 0 Å². The summed E-state index contributed by atoms with van der Waals surface area (Å²) >= 11 is 2.77. The number of aromatic nitrogens is 2. The number of carbonyl (C=O) groups excluding carboxylic acids is 1. The average molecular weight is 536 g/mol. The molecule has 1 amide bonds. The smallest absolute Gasteiger partial charge is 0.267 e. The molecule has 3 heterocycles. The summed E-state index contributed by atoms with van der Waals surface area (Å²) in [6.45, 7) is 6.57. The number of methoxy groups -OCH3 is 1. The minimum Gasteiger partial charge on any atom is -0.497 e. The number of anilines is 1. The van der Waals surface area contributed by atoms with Crippen molar-refractivity contribution in [3.63, 3.8) is 0 Å². The van der Waals surface area contributed by atoms with Crippen molar-refractivity contribution in [3.05, 3.63) is 75.4 Å². The van der Waals surface area contributed by atoms with Gasteiger partial charge in [0, 0.05) is 17.0 Å². The summed E-state index contributed by atoms with van der Waals surface area (Å²) in [4.78, 5) is 33.8. The van der Waals surface area contributed by atoms with Crippen LogP contribution >= 0.6 is 23.1 Å². The highest BCUT2D eigenvalue weighted by atomic mass is 32.2. The summed E-state index contributed by atoms with van der Waals surface area (Å²) in [6, 6.07) is 16.6. The molecule has 2 aromatic carbocycles. The van der Waals surface area contributed by atoms with Crippen LogP contribution in [-0.4, -0.2) is 33.9 Å². The van der Waals surface area contributed by atoms with Crippen LogP contribution in [0.15, 0.2) is 64.5 Å². The first-order valence-corrected chi connectivity index (χ1v) is 13.9. The summed E-state index contributed by atoms with van der Waals surface area (Å²) in [5, 5.41) is 3.57. The highest BCUT2D eigenvalue weighted by Crippen LogP contribution is 2.37. The van der Waals surface area contributed by atoms with Gasteiger partial charge in [-0.2, -0.15) is 0 Å². The quantitative estimate of drug-likeness (QED) is 0.242. The standard InChI is InChI=1S/C28H29N3O4S2/c1-16(2)22-14-21-23(15-35-22)37-26-24(21)27(33)31(19-10-12-20(34-4)13-11-19)28(30-26)36-17(3)25(32)29-18-8-6-5-7-9-18/h5-13,16-17,22H,14-15H2,1-4H3,(H,29,32)/t17-,22-/m1/s1. The van der Waals surface area contributed by atoms with E-state index in [1.807, 2.05) is 61.5 Å². The van der Waals surface area contributed by atoms with Gasteiger partial charge in [-0.1, -0.05) is 43.8 Å². The molecule has 0 fully saturated rings. The first-order valence-electron chi connectivity index (χ1n) is 12.2. The summed E-state index contributed by atoms with van der Waals surface area (Å²) in [5.74, 6) is 0.879. The molecule has 0 radical (unpaired) electrons. The van der Waals surface area contributed by atoms with Crippen LogP contribution in [0.25, 0.3) is 15.9 Å². The number of thioether (sulfide) groups is 1. The molecule has 0 aliphatic carbocycles. The molecule has 2 atom stereocenters. The van der Waals surface area contributed by atoms with Crippen LogP contribution in [0.1, 0.15) is 31.2 Å². The van der Waals surface area contributed by atoms with Gasteiger partial charge in [0.05, 0.1) is 36.1 Å². The molecule has 5 rings (SSSR count). The number of carbonyl (C=O) groups is 1. The Morgan fingerprint density at radius 1 is 1.16 bits per heavy atom. The Bertz CT molecular complexity index is 1480. The van der Waals surface area contributed by atoms with Gasteiger partial charge >= 0.3 is 0 Å². The molecule has 192 valence electrons. The topological polar surface area (TPSA) is 82.5 Å². The number of nitrogens with zero attached hydrogens (tertiary/aromatic N) is 2. The molecular weight excluding hydrogens is 506 g/mol. The number of nitrogens with one attached hydrogen (secondary N) is 1. The van der Waals surface area contributed by atoms with Gasteiger partial charge in [0.15, 0.2) is 5.16 Å². The number of benzene rings is 2. The lowest BCUT2D eigenvalue weighted by molar-refractivity contribution is -0.115. The summed E-state index contributed by atoms with van der Waals surface area (Å²) in [6.07, 6.45) is 0.754. The monoisotopic (exact) mass is 535 g/mol. The van der Waals surface area contributed by atoms with Gasteiger partial charge < -0.3 is 14.8 Å². The van der Waals surface area contributed by atoms with Crippen LogP contribution in [0, 0.1) is 5.92 Å². The maximum Gasteiger partial charge on any atom is 0.267 e. The third-order valence-corrected chi connectivity index (χ3v) is 8.63. The Balaban J connectivity index is 1.58. The summed E-state index contributed by atoms with van der Waals surface area (Å²) in [5.41, 5.74) is 2.30. The maximum atomic E-state index is 14.1. The fourth-order valence-corrected chi connectivity index (χ4v) is 6.44. The molecule has 0 bridgehead atoms. The van der Waals surface area contributed by atoms with Gasteiger partial charge in [0.1, 0.15) is 10.6 Å². The predicted molar refractivity (Wildman–Crippen MR) is 149 cm³/mol. The lowest BCUT2D eigenvalue weighted by Gasteiger charge is -2.26. The van der Waals surface area contributed by atoms with E-state index in [0.29, 0.717) is 45.8 Å². The van der Waals surface area contributed by atoms with Crippen LogP contribution in [-0.2, 0) is 22.6 Å². The number of para-hydroxylation sites is 1. The van der Waals surface area contributed by atoms with Gasteiger partial charge in [-0.05, 0) is 54.8 Å².